The lowest BCUT2D eigenvalue weighted by Crippen LogP contribution is -2.29. The smallest absolute Gasteiger partial charge is 0.222 e. The molecule has 1 N–H and O–H groups in total. The van der Waals surface area contributed by atoms with Crippen molar-refractivity contribution in [1.82, 2.24) is 4.90 Å². The number of ether oxygens (including phenoxy) is 1. The van der Waals surface area contributed by atoms with Crippen LogP contribution in [-0.2, 0) is 11.2 Å². The average Bonchev–Trinajstić information content (AvgIpc) is 2.83. The van der Waals surface area contributed by atoms with Crippen molar-refractivity contribution in [3.05, 3.63) is 29.8 Å². The molecule has 18 heavy (non-hydrogen) atoms. The quantitative estimate of drug-likeness (QED) is 0.873. The van der Waals surface area contributed by atoms with E-state index in [1.165, 1.54) is 0 Å². The van der Waals surface area contributed by atoms with E-state index in [9.17, 15) is 9.90 Å². The minimum absolute atomic E-state index is 0.109. The van der Waals surface area contributed by atoms with Gasteiger partial charge in [0.15, 0.2) is 0 Å². The first-order chi connectivity index (χ1) is 8.70. The summed E-state index contributed by atoms with van der Waals surface area (Å²) in [7, 11) is 1.64. The number of hydrogen-bond acceptors (Lipinski definition) is 3. The lowest BCUT2D eigenvalue weighted by atomic mass is 10.1. The van der Waals surface area contributed by atoms with E-state index in [1.54, 1.807) is 12.0 Å². The molecule has 1 aliphatic rings. The van der Waals surface area contributed by atoms with Crippen LogP contribution in [0.1, 0.15) is 18.4 Å². The van der Waals surface area contributed by atoms with Gasteiger partial charge in [0.05, 0.1) is 13.2 Å². The largest absolute Gasteiger partial charge is 0.496 e. The summed E-state index contributed by atoms with van der Waals surface area (Å²) in [6.07, 6.45) is 1.49. The van der Waals surface area contributed by atoms with E-state index in [0.717, 1.165) is 11.3 Å². The maximum absolute atomic E-state index is 11.9. The second kappa shape index (κ2) is 5.87. The van der Waals surface area contributed by atoms with Crippen LogP contribution in [0.15, 0.2) is 24.3 Å². The van der Waals surface area contributed by atoms with Crippen molar-refractivity contribution in [2.45, 2.75) is 25.4 Å². The number of hydrogen-bond donors (Lipinski definition) is 1. The molecule has 1 aromatic carbocycles. The number of rotatable bonds is 4. The topological polar surface area (TPSA) is 49.8 Å². The summed E-state index contributed by atoms with van der Waals surface area (Å²) in [5, 5.41) is 9.40. The number of β-amino-alcohol motifs (C(OH)–C–C–N with tert-alkyl or cyclic N) is 1. The first-order valence-electron chi connectivity index (χ1n) is 6.28. The molecular formula is C14H19NO3. The molecule has 1 atom stereocenters. The highest BCUT2D eigenvalue weighted by molar-refractivity contribution is 5.76. The number of aliphatic hydroxyl groups is 1. The third kappa shape index (κ3) is 3.01. The van der Waals surface area contributed by atoms with Gasteiger partial charge in [-0.2, -0.15) is 0 Å². The molecule has 0 bridgehead atoms. The van der Waals surface area contributed by atoms with Crippen molar-refractivity contribution >= 4 is 5.91 Å². The lowest BCUT2D eigenvalue weighted by Gasteiger charge is -2.15. The van der Waals surface area contributed by atoms with Gasteiger partial charge < -0.3 is 14.7 Å². The normalized spacial score (nSPS) is 19.0. The number of carbonyl (C=O) groups is 1. The van der Waals surface area contributed by atoms with Crippen LogP contribution >= 0.6 is 0 Å². The van der Waals surface area contributed by atoms with Crippen molar-refractivity contribution in [2.75, 3.05) is 20.2 Å². The summed E-state index contributed by atoms with van der Waals surface area (Å²) in [6.45, 7) is 1.15. The lowest BCUT2D eigenvalue weighted by molar-refractivity contribution is -0.130. The zero-order valence-electron chi connectivity index (χ0n) is 10.6. The van der Waals surface area contributed by atoms with Crippen molar-refractivity contribution in [3.63, 3.8) is 0 Å². The fourth-order valence-electron chi connectivity index (χ4n) is 2.28. The fourth-order valence-corrected chi connectivity index (χ4v) is 2.28. The van der Waals surface area contributed by atoms with E-state index in [-0.39, 0.29) is 12.0 Å². The Labute approximate surface area is 107 Å². The summed E-state index contributed by atoms with van der Waals surface area (Å²) in [4.78, 5) is 13.7. The maximum atomic E-state index is 11.9. The van der Waals surface area contributed by atoms with E-state index in [0.29, 0.717) is 32.4 Å². The Morgan fingerprint density at radius 2 is 2.28 bits per heavy atom. The minimum Gasteiger partial charge on any atom is -0.496 e. The van der Waals surface area contributed by atoms with E-state index in [4.69, 9.17) is 4.74 Å². The SMILES string of the molecule is COc1ccccc1CCC(=O)N1CCC(O)C1. The van der Waals surface area contributed by atoms with Crippen LogP contribution in [0.3, 0.4) is 0 Å². The fraction of sp³-hybridized carbons (Fsp3) is 0.500. The molecule has 1 aromatic rings. The molecule has 2 rings (SSSR count). The van der Waals surface area contributed by atoms with Crippen molar-refractivity contribution in [3.8, 4) is 5.75 Å². The Morgan fingerprint density at radius 3 is 2.94 bits per heavy atom. The van der Waals surface area contributed by atoms with E-state index >= 15 is 0 Å². The van der Waals surface area contributed by atoms with Gasteiger partial charge in [0, 0.05) is 19.5 Å². The van der Waals surface area contributed by atoms with Crippen LogP contribution in [0, 0.1) is 0 Å². The molecule has 1 unspecified atom stereocenters. The molecule has 0 radical (unpaired) electrons. The molecule has 4 heteroatoms. The van der Waals surface area contributed by atoms with Gasteiger partial charge in [-0.05, 0) is 24.5 Å². The minimum atomic E-state index is -0.347. The Hall–Kier alpha value is -1.55. The summed E-state index contributed by atoms with van der Waals surface area (Å²) in [6, 6.07) is 7.74. The van der Waals surface area contributed by atoms with Gasteiger partial charge in [-0.15, -0.1) is 0 Å². The summed E-state index contributed by atoms with van der Waals surface area (Å²) >= 11 is 0. The molecule has 4 nitrogen and oxygen atoms in total. The number of benzene rings is 1. The third-order valence-electron chi connectivity index (χ3n) is 3.32. The number of carbonyl (C=O) groups excluding carboxylic acids is 1. The number of nitrogens with zero attached hydrogens (tertiary/aromatic N) is 1. The number of aryl methyl sites for hydroxylation is 1. The number of methoxy groups -OCH3 is 1. The summed E-state index contributed by atoms with van der Waals surface area (Å²) in [5.41, 5.74) is 1.05. The molecule has 0 aromatic heterocycles. The van der Waals surface area contributed by atoms with Crippen molar-refractivity contribution < 1.29 is 14.6 Å². The zero-order chi connectivity index (χ0) is 13.0. The number of aliphatic hydroxyl groups excluding tert-OH is 1. The summed E-state index contributed by atoms with van der Waals surface area (Å²) in [5.74, 6) is 0.934. The van der Waals surface area contributed by atoms with Gasteiger partial charge >= 0.3 is 0 Å². The Bertz CT molecular complexity index is 419. The van der Waals surface area contributed by atoms with E-state index in [1.807, 2.05) is 24.3 Å². The molecule has 1 fully saturated rings. The van der Waals surface area contributed by atoms with Crippen molar-refractivity contribution in [1.29, 1.82) is 0 Å². The number of para-hydroxylation sites is 1. The maximum Gasteiger partial charge on any atom is 0.222 e. The van der Waals surface area contributed by atoms with Crippen LogP contribution in [-0.4, -0.2) is 42.2 Å². The highest BCUT2D eigenvalue weighted by Gasteiger charge is 2.24. The molecule has 0 saturated carbocycles. The van der Waals surface area contributed by atoms with E-state index in [2.05, 4.69) is 0 Å². The zero-order valence-corrected chi connectivity index (χ0v) is 10.6. The molecule has 1 amide bonds. The van der Waals surface area contributed by atoms with Gasteiger partial charge in [0.25, 0.3) is 0 Å². The van der Waals surface area contributed by atoms with Gasteiger partial charge in [-0.3, -0.25) is 4.79 Å². The predicted octanol–water partition coefficient (Wildman–Crippen LogP) is 1.22. The summed E-state index contributed by atoms with van der Waals surface area (Å²) < 4.78 is 5.26. The molecule has 0 aliphatic carbocycles. The number of amides is 1. The Morgan fingerprint density at radius 1 is 1.50 bits per heavy atom. The number of likely N-dealkylation sites (tertiary alicyclic amines) is 1. The standard InChI is InChI=1S/C14H19NO3/c1-18-13-5-3-2-4-11(13)6-7-14(17)15-9-8-12(16)10-15/h2-5,12,16H,6-10H2,1H3. The second-order valence-corrected chi connectivity index (χ2v) is 4.59. The van der Waals surface area contributed by atoms with Crippen molar-refractivity contribution in [2.24, 2.45) is 0 Å². The van der Waals surface area contributed by atoms with Crippen LogP contribution in [0.2, 0.25) is 0 Å². The monoisotopic (exact) mass is 249 g/mol. The molecule has 1 aliphatic heterocycles. The predicted molar refractivity (Wildman–Crippen MR) is 68.5 cm³/mol. The second-order valence-electron chi connectivity index (χ2n) is 4.59. The van der Waals surface area contributed by atoms with Gasteiger partial charge in [-0.25, -0.2) is 0 Å². The van der Waals surface area contributed by atoms with Crippen LogP contribution < -0.4 is 4.74 Å². The first kappa shape index (κ1) is 12.9. The van der Waals surface area contributed by atoms with Gasteiger partial charge in [0.2, 0.25) is 5.91 Å². The highest BCUT2D eigenvalue weighted by Crippen LogP contribution is 2.20. The van der Waals surface area contributed by atoms with Crippen LogP contribution in [0.5, 0.6) is 5.75 Å². The average molecular weight is 249 g/mol. The van der Waals surface area contributed by atoms with Gasteiger partial charge in [-0.1, -0.05) is 18.2 Å². The van der Waals surface area contributed by atoms with Gasteiger partial charge in [0.1, 0.15) is 5.75 Å². The molecular weight excluding hydrogens is 230 g/mol. The Balaban J connectivity index is 1.89. The first-order valence-corrected chi connectivity index (χ1v) is 6.28. The van der Waals surface area contributed by atoms with Crippen LogP contribution in [0.25, 0.3) is 0 Å². The molecule has 0 spiro atoms. The van der Waals surface area contributed by atoms with Crippen LogP contribution in [0.4, 0.5) is 0 Å². The Kier molecular flexibility index (Phi) is 4.20. The molecule has 98 valence electrons. The molecule has 1 saturated heterocycles. The third-order valence-corrected chi connectivity index (χ3v) is 3.32. The molecule has 1 heterocycles. The van der Waals surface area contributed by atoms with E-state index < -0.39 is 0 Å². The highest BCUT2D eigenvalue weighted by atomic mass is 16.5.